The number of nitrogens with zero attached hydrogens (tertiary/aromatic N) is 1. The van der Waals surface area contributed by atoms with Crippen molar-refractivity contribution in [1.29, 1.82) is 0 Å². The summed E-state index contributed by atoms with van der Waals surface area (Å²) in [6, 6.07) is 14.1. The number of aromatic nitrogens is 2. The van der Waals surface area contributed by atoms with Gasteiger partial charge < -0.3 is 10.1 Å². The third-order valence-corrected chi connectivity index (χ3v) is 2.90. The third kappa shape index (κ3) is 1.81. The molecule has 0 saturated carbocycles. The minimum absolute atomic E-state index is 0.651. The molecule has 3 aromatic rings. The summed E-state index contributed by atoms with van der Waals surface area (Å²) in [6.45, 7) is 0. The Labute approximate surface area is 98.8 Å². The van der Waals surface area contributed by atoms with E-state index >= 15 is 0 Å². The lowest BCUT2D eigenvalue weighted by Crippen LogP contribution is -1.99. The molecular weight excluding hydrogens is 212 g/mol. The zero-order valence-electron chi connectivity index (χ0n) is 9.17. The molecule has 0 amide bonds. The second kappa shape index (κ2) is 4.03. The van der Waals surface area contributed by atoms with Crippen LogP contribution in [0.3, 0.4) is 0 Å². The minimum atomic E-state index is -0.651. The lowest BCUT2D eigenvalue weighted by molar-refractivity contribution is 0.216. The number of hydrogen-bond donors (Lipinski definition) is 2. The summed E-state index contributed by atoms with van der Waals surface area (Å²) in [5.41, 5.74) is 1.58. The highest BCUT2D eigenvalue weighted by Gasteiger charge is 2.11. The predicted molar refractivity (Wildman–Crippen MR) is 66.6 cm³/mol. The molecule has 0 radical (unpaired) electrons. The van der Waals surface area contributed by atoms with Crippen LogP contribution in [0.15, 0.2) is 55.0 Å². The summed E-state index contributed by atoms with van der Waals surface area (Å²) in [6.07, 6.45) is 2.56. The summed E-state index contributed by atoms with van der Waals surface area (Å²) in [7, 11) is 0. The first-order valence-electron chi connectivity index (χ1n) is 5.49. The zero-order chi connectivity index (χ0) is 11.7. The van der Waals surface area contributed by atoms with Gasteiger partial charge in [0.15, 0.2) is 0 Å². The highest BCUT2D eigenvalue weighted by molar-refractivity contribution is 5.83. The largest absolute Gasteiger partial charge is 0.382 e. The number of nitrogens with one attached hydrogen (secondary N) is 1. The number of H-pyrrole nitrogens is 1. The third-order valence-electron chi connectivity index (χ3n) is 2.90. The highest BCUT2D eigenvalue weighted by atomic mass is 16.3. The van der Waals surface area contributed by atoms with Gasteiger partial charge in [0.05, 0.1) is 18.2 Å². The van der Waals surface area contributed by atoms with E-state index in [0.29, 0.717) is 5.69 Å². The quantitative estimate of drug-likeness (QED) is 0.703. The van der Waals surface area contributed by atoms with Gasteiger partial charge in [-0.3, -0.25) is 0 Å². The molecule has 0 aliphatic carbocycles. The van der Waals surface area contributed by atoms with Gasteiger partial charge in [0.25, 0.3) is 0 Å². The molecule has 0 saturated heterocycles. The van der Waals surface area contributed by atoms with Gasteiger partial charge in [-0.15, -0.1) is 0 Å². The SMILES string of the molecule is OC(c1ccc2ccccc2c1)c1cnc[nH]1. The first-order chi connectivity index (χ1) is 8.34. The minimum Gasteiger partial charge on any atom is -0.382 e. The lowest BCUT2D eigenvalue weighted by atomic mass is 10.0. The van der Waals surface area contributed by atoms with Gasteiger partial charge in [-0.25, -0.2) is 4.98 Å². The number of aliphatic hydroxyl groups is 1. The average Bonchev–Trinajstić information content (AvgIpc) is 2.91. The van der Waals surface area contributed by atoms with Gasteiger partial charge in [0, 0.05) is 0 Å². The van der Waals surface area contributed by atoms with Crippen LogP contribution in [0.5, 0.6) is 0 Å². The maximum atomic E-state index is 10.2. The predicted octanol–water partition coefficient (Wildman–Crippen LogP) is 2.64. The molecule has 2 aromatic carbocycles. The Morgan fingerprint density at radius 1 is 1.06 bits per heavy atom. The van der Waals surface area contributed by atoms with E-state index in [4.69, 9.17) is 0 Å². The van der Waals surface area contributed by atoms with Crippen molar-refractivity contribution in [3.05, 3.63) is 66.2 Å². The standard InChI is InChI=1S/C14H12N2O/c17-14(13-8-15-9-16-13)12-6-5-10-3-1-2-4-11(10)7-12/h1-9,14,17H,(H,15,16). The maximum absolute atomic E-state index is 10.2. The van der Waals surface area contributed by atoms with E-state index in [0.717, 1.165) is 10.9 Å². The van der Waals surface area contributed by atoms with E-state index in [2.05, 4.69) is 16.0 Å². The molecule has 0 fully saturated rings. The van der Waals surface area contributed by atoms with Crippen molar-refractivity contribution >= 4 is 10.8 Å². The second-order valence-corrected chi connectivity index (χ2v) is 4.02. The average molecular weight is 224 g/mol. The highest BCUT2D eigenvalue weighted by Crippen LogP contribution is 2.23. The number of aromatic amines is 1. The van der Waals surface area contributed by atoms with E-state index in [1.807, 2.05) is 36.4 Å². The molecular formula is C14H12N2O. The Bertz CT molecular complexity index is 632. The summed E-state index contributed by atoms with van der Waals surface area (Å²) in [5.74, 6) is 0. The summed E-state index contributed by atoms with van der Waals surface area (Å²) < 4.78 is 0. The van der Waals surface area contributed by atoms with Gasteiger partial charge >= 0.3 is 0 Å². The van der Waals surface area contributed by atoms with E-state index in [-0.39, 0.29) is 0 Å². The monoisotopic (exact) mass is 224 g/mol. The molecule has 3 rings (SSSR count). The van der Waals surface area contributed by atoms with Crippen LogP contribution in [0.4, 0.5) is 0 Å². The number of rotatable bonds is 2. The molecule has 3 nitrogen and oxygen atoms in total. The van der Waals surface area contributed by atoms with Gasteiger partial charge in [-0.2, -0.15) is 0 Å². The van der Waals surface area contributed by atoms with Crippen molar-refractivity contribution in [2.75, 3.05) is 0 Å². The van der Waals surface area contributed by atoms with Crippen molar-refractivity contribution in [3.63, 3.8) is 0 Å². The number of hydrogen-bond acceptors (Lipinski definition) is 2. The van der Waals surface area contributed by atoms with Crippen LogP contribution in [-0.4, -0.2) is 15.1 Å². The van der Waals surface area contributed by atoms with Crippen LogP contribution in [0.2, 0.25) is 0 Å². The van der Waals surface area contributed by atoms with Gasteiger partial charge in [0.1, 0.15) is 6.10 Å². The molecule has 0 bridgehead atoms. The molecule has 1 aromatic heterocycles. The Morgan fingerprint density at radius 2 is 1.88 bits per heavy atom. The molecule has 17 heavy (non-hydrogen) atoms. The smallest absolute Gasteiger partial charge is 0.120 e. The molecule has 0 aliphatic heterocycles. The molecule has 1 atom stereocenters. The Kier molecular flexibility index (Phi) is 2.38. The van der Waals surface area contributed by atoms with Crippen molar-refractivity contribution in [1.82, 2.24) is 9.97 Å². The molecule has 0 spiro atoms. The maximum Gasteiger partial charge on any atom is 0.120 e. The fourth-order valence-corrected chi connectivity index (χ4v) is 1.97. The summed E-state index contributed by atoms with van der Waals surface area (Å²) >= 11 is 0. The summed E-state index contributed by atoms with van der Waals surface area (Å²) in [4.78, 5) is 6.84. The van der Waals surface area contributed by atoms with Gasteiger partial charge in [0.2, 0.25) is 0 Å². The molecule has 1 heterocycles. The van der Waals surface area contributed by atoms with E-state index in [1.165, 1.54) is 5.39 Å². The van der Waals surface area contributed by atoms with Crippen LogP contribution < -0.4 is 0 Å². The normalized spacial score (nSPS) is 12.8. The van der Waals surface area contributed by atoms with Gasteiger partial charge in [-0.05, 0) is 22.4 Å². The molecule has 0 aliphatic rings. The molecule has 1 unspecified atom stereocenters. The van der Waals surface area contributed by atoms with Crippen molar-refractivity contribution in [3.8, 4) is 0 Å². The van der Waals surface area contributed by atoms with E-state index in [1.54, 1.807) is 12.5 Å². The zero-order valence-corrected chi connectivity index (χ0v) is 9.17. The first kappa shape index (κ1) is 10.1. The molecule has 2 N–H and O–H groups in total. The van der Waals surface area contributed by atoms with Crippen LogP contribution in [0, 0.1) is 0 Å². The van der Waals surface area contributed by atoms with Crippen LogP contribution >= 0.6 is 0 Å². The fourth-order valence-electron chi connectivity index (χ4n) is 1.97. The topological polar surface area (TPSA) is 48.9 Å². The molecule has 84 valence electrons. The Hall–Kier alpha value is -2.13. The van der Waals surface area contributed by atoms with Crippen molar-refractivity contribution in [2.24, 2.45) is 0 Å². The number of aliphatic hydroxyl groups excluding tert-OH is 1. The van der Waals surface area contributed by atoms with Crippen molar-refractivity contribution < 1.29 is 5.11 Å². The van der Waals surface area contributed by atoms with E-state index in [9.17, 15) is 5.11 Å². The summed E-state index contributed by atoms with van der Waals surface area (Å²) in [5, 5.41) is 12.5. The van der Waals surface area contributed by atoms with Crippen molar-refractivity contribution in [2.45, 2.75) is 6.10 Å². The Morgan fingerprint density at radius 3 is 2.65 bits per heavy atom. The fraction of sp³-hybridized carbons (Fsp3) is 0.0714. The Balaban J connectivity index is 2.06. The first-order valence-corrected chi connectivity index (χ1v) is 5.49. The van der Waals surface area contributed by atoms with E-state index < -0.39 is 6.10 Å². The van der Waals surface area contributed by atoms with Crippen LogP contribution in [-0.2, 0) is 0 Å². The van der Waals surface area contributed by atoms with Crippen LogP contribution in [0.25, 0.3) is 10.8 Å². The van der Waals surface area contributed by atoms with Gasteiger partial charge in [-0.1, -0.05) is 36.4 Å². The number of fused-ring (bicyclic) bond motifs is 1. The number of imidazole rings is 1. The lowest BCUT2D eigenvalue weighted by Gasteiger charge is -2.09. The van der Waals surface area contributed by atoms with Crippen LogP contribution in [0.1, 0.15) is 17.4 Å². The number of benzene rings is 2. The second-order valence-electron chi connectivity index (χ2n) is 4.02. The molecule has 3 heteroatoms.